The Bertz CT molecular complexity index is 293. The molecule has 0 aromatic carbocycles. The molecule has 1 heterocycles. The van der Waals surface area contributed by atoms with Crippen molar-refractivity contribution in [3.8, 4) is 0 Å². The van der Waals surface area contributed by atoms with Crippen LogP contribution in [0.3, 0.4) is 0 Å². The SMILES string of the molecule is CC(CN(C)CCNC1CC1)n1cncn1. The normalized spacial score (nSPS) is 17.9. The highest BCUT2D eigenvalue weighted by molar-refractivity contribution is 4.81. The molecule has 1 aromatic rings. The van der Waals surface area contributed by atoms with Crippen molar-refractivity contribution in [3.63, 3.8) is 0 Å². The van der Waals surface area contributed by atoms with Crippen molar-refractivity contribution >= 4 is 0 Å². The first-order valence-electron chi connectivity index (χ1n) is 6.01. The predicted molar refractivity (Wildman–Crippen MR) is 63.3 cm³/mol. The van der Waals surface area contributed by atoms with Crippen LogP contribution in [0.2, 0.25) is 0 Å². The van der Waals surface area contributed by atoms with Gasteiger partial charge in [-0.3, -0.25) is 0 Å². The van der Waals surface area contributed by atoms with Gasteiger partial charge < -0.3 is 10.2 Å². The molecular weight excluding hydrogens is 202 g/mol. The van der Waals surface area contributed by atoms with E-state index in [0.29, 0.717) is 6.04 Å². The number of nitrogens with zero attached hydrogens (tertiary/aromatic N) is 4. The molecule has 16 heavy (non-hydrogen) atoms. The zero-order chi connectivity index (χ0) is 11.4. The van der Waals surface area contributed by atoms with Gasteiger partial charge in [-0.15, -0.1) is 0 Å². The predicted octanol–water partition coefficient (Wildman–Crippen LogP) is 0.523. The first-order chi connectivity index (χ1) is 7.75. The summed E-state index contributed by atoms with van der Waals surface area (Å²) < 4.78 is 1.91. The summed E-state index contributed by atoms with van der Waals surface area (Å²) in [6, 6.07) is 1.19. The maximum Gasteiger partial charge on any atom is 0.137 e. The fourth-order valence-electron chi connectivity index (χ4n) is 1.82. The van der Waals surface area contributed by atoms with Crippen LogP contribution < -0.4 is 5.32 Å². The van der Waals surface area contributed by atoms with E-state index in [1.807, 2.05) is 4.68 Å². The zero-order valence-corrected chi connectivity index (χ0v) is 10.1. The average molecular weight is 223 g/mol. The Balaban J connectivity index is 1.63. The molecule has 1 fully saturated rings. The standard InChI is InChI=1S/C11H21N5/c1-10(16-9-12-8-14-16)7-15(2)6-5-13-11-3-4-11/h8-11,13H,3-7H2,1-2H3. The highest BCUT2D eigenvalue weighted by Gasteiger charge is 2.19. The zero-order valence-electron chi connectivity index (χ0n) is 10.1. The number of hydrogen-bond acceptors (Lipinski definition) is 4. The quantitative estimate of drug-likeness (QED) is 0.732. The second-order valence-corrected chi connectivity index (χ2v) is 4.72. The lowest BCUT2D eigenvalue weighted by Crippen LogP contribution is -2.33. The molecule has 0 bridgehead atoms. The third-order valence-electron chi connectivity index (χ3n) is 2.97. The molecule has 90 valence electrons. The highest BCUT2D eigenvalue weighted by atomic mass is 15.3. The van der Waals surface area contributed by atoms with Gasteiger partial charge in [0.2, 0.25) is 0 Å². The topological polar surface area (TPSA) is 46.0 Å². The summed E-state index contributed by atoms with van der Waals surface area (Å²) in [5.41, 5.74) is 0. The number of nitrogens with one attached hydrogen (secondary N) is 1. The minimum absolute atomic E-state index is 0.383. The summed E-state index contributed by atoms with van der Waals surface area (Å²) in [4.78, 5) is 6.30. The Hall–Kier alpha value is -0.940. The molecule has 1 atom stereocenters. The molecule has 0 spiro atoms. The van der Waals surface area contributed by atoms with Crippen molar-refractivity contribution in [2.75, 3.05) is 26.7 Å². The molecule has 1 aromatic heterocycles. The molecule has 0 radical (unpaired) electrons. The molecule has 0 saturated heterocycles. The fraction of sp³-hybridized carbons (Fsp3) is 0.818. The van der Waals surface area contributed by atoms with Crippen molar-refractivity contribution in [2.45, 2.75) is 31.8 Å². The van der Waals surface area contributed by atoms with Gasteiger partial charge in [0.15, 0.2) is 0 Å². The van der Waals surface area contributed by atoms with E-state index in [1.54, 1.807) is 12.7 Å². The largest absolute Gasteiger partial charge is 0.313 e. The van der Waals surface area contributed by atoms with Gasteiger partial charge in [-0.25, -0.2) is 9.67 Å². The van der Waals surface area contributed by atoms with Gasteiger partial charge in [-0.05, 0) is 26.8 Å². The summed E-state index contributed by atoms with van der Waals surface area (Å²) in [6.07, 6.45) is 6.09. The fourth-order valence-corrected chi connectivity index (χ4v) is 1.82. The van der Waals surface area contributed by atoms with E-state index in [1.165, 1.54) is 12.8 Å². The van der Waals surface area contributed by atoms with Crippen LogP contribution in [0, 0.1) is 0 Å². The van der Waals surface area contributed by atoms with Gasteiger partial charge in [0, 0.05) is 25.7 Å². The molecule has 2 rings (SSSR count). The third-order valence-corrected chi connectivity index (χ3v) is 2.97. The molecule has 1 aliphatic carbocycles. The first kappa shape index (κ1) is 11.5. The average Bonchev–Trinajstić information content (AvgIpc) is 2.91. The Kier molecular flexibility index (Phi) is 3.90. The van der Waals surface area contributed by atoms with Gasteiger partial charge in [0.1, 0.15) is 12.7 Å². The van der Waals surface area contributed by atoms with Crippen LogP contribution in [0.5, 0.6) is 0 Å². The van der Waals surface area contributed by atoms with Crippen LogP contribution in [0.25, 0.3) is 0 Å². The Morgan fingerprint density at radius 2 is 2.38 bits per heavy atom. The molecule has 5 nitrogen and oxygen atoms in total. The highest BCUT2D eigenvalue weighted by Crippen LogP contribution is 2.18. The van der Waals surface area contributed by atoms with Gasteiger partial charge in [-0.2, -0.15) is 5.10 Å². The Morgan fingerprint density at radius 1 is 1.56 bits per heavy atom. The number of hydrogen-bond donors (Lipinski definition) is 1. The van der Waals surface area contributed by atoms with E-state index in [0.717, 1.165) is 25.7 Å². The smallest absolute Gasteiger partial charge is 0.137 e. The second kappa shape index (κ2) is 5.41. The lowest BCUT2D eigenvalue weighted by Gasteiger charge is -2.21. The number of aromatic nitrogens is 3. The first-order valence-corrected chi connectivity index (χ1v) is 6.01. The van der Waals surface area contributed by atoms with E-state index < -0.39 is 0 Å². The van der Waals surface area contributed by atoms with Crippen molar-refractivity contribution in [3.05, 3.63) is 12.7 Å². The van der Waals surface area contributed by atoms with Crippen molar-refractivity contribution in [2.24, 2.45) is 0 Å². The molecule has 5 heteroatoms. The van der Waals surface area contributed by atoms with Crippen LogP contribution in [-0.2, 0) is 0 Å². The van der Waals surface area contributed by atoms with Crippen LogP contribution in [0.4, 0.5) is 0 Å². The summed E-state index contributed by atoms with van der Waals surface area (Å²) in [6.45, 7) is 5.36. The van der Waals surface area contributed by atoms with E-state index in [9.17, 15) is 0 Å². The lowest BCUT2D eigenvalue weighted by atomic mass is 10.3. The van der Waals surface area contributed by atoms with E-state index >= 15 is 0 Å². The minimum atomic E-state index is 0.383. The van der Waals surface area contributed by atoms with Crippen LogP contribution in [0.15, 0.2) is 12.7 Å². The number of likely N-dealkylation sites (N-methyl/N-ethyl adjacent to an activating group) is 1. The molecule has 1 N–H and O–H groups in total. The van der Waals surface area contributed by atoms with Gasteiger partial charge in [-0.1, -0.05) is 0 Å². The maximum absolute atomic E-state index is 4.15. The van der Waals surface area contributed by atoms with Gasteiger partial charge in [0.05, 0.1) is 6.04 Å². The number of rotatable bonds is 7. The third kappa shape index (κ3) is 3.57. The van der Waals surface area contributed by atoms with Crippen LogP contribution in [-0.4, -0.2) is 52.4 Å². The summed E-state index contributed by atoms with van der Waals surface area (Å²) in [5, 5.41) is 7.67. The van der Waals surface area contributed by atoms with Gasteiger partial charge in [0.25, 0.3) is 0 Å². The molecule has 1 unspecified atom stereocenters. The lowest BCUT2D eigenvalue weighted by molar-refractivity contribution is 0.275. The second-order valence-electron chi connectivity index (χ2n) is 4.72. The molecular formula is C11H21N5. The van der Waals surface area contributed by atoms with Crippen molar-refractivity contribution < 1.29 is 0 Å². The summed E-state index contributed by atoms with van der Waals surface area (Å²) >= 11 is 0. The van der Waals surface area contributed by atoms with E-state index in [2.05, 4.69) is 34.3 Å². The molecule has 0 aliphatic heterocycles. The Labute approximate surface area is 96.8 Å². The monoisotopic (exact) mass is 223 g/mol. The van der Waals surface area contributed by atoms with Crippen molar-refractivity contribution in [1.29, 1.82) is 0 Å². The van der Waals surface area contributed by atoms with Crippen LogP contribution >= 0.6 is 0 Å². The molecule has 1 aliphatic rings. The summed E-state index contributed by atoms with van der Waals surface area (Å²) in [5.74, 6) is 0. The maximum atomic E-state index is 4.15. The van der Waals surface area contributed by atoms with Gasteiger partial charge >= 0.3 is 0 Å². The molecule has 1 saturated carbocycles. The minimum Gasteiger partial charge on any atom is -0.313 e. The van der Waals surface area contributed by atoms with Crippen LogP contribution in [0.1, 0.15) is 25.8 Å². The van der Waals surface area contributed by atoms with E-state index in [-0.39, 0.29) is 0 Å². The summed E-state index contributed by atoms with van der Waals surface area (Å²) in [7, 11) is 2.15. The van der Waals surface area contributed by atoms with Crippen molar-refractivity contribution in [1.82, 2.24) is 25.0 Å². The Morgan fingerprint density at radius 3 is 3.00 bits per heavy atom. The van der Waals surface area contributed by atoms with E-state index in [4.69, 9.17) is 0 Å². The molecule has 0 amide bonds.